The summed E-state index contributed by atoms with van der Waals surface area (Å²) in [5.74, 6) is 0.635. The van der Waals surface area contributed by atoms with Crippen molar-refractivity contribution in [2.24, 2.45) is 5.92 Å². The zero-order chi connectivity index (χ0) is 56.7. The molecular weight excluding hydrogens is 1070 g/mol. The van der Waals surface area contributed by atoms with E-state index in [1.54, 1.807) is 35.4 Å². The maximum Gasteiger partial charge on any atom is 0.319 e. The third kappa shape index (κ3) is 12.3. The van der Waals surface area contributed by atoms with Crippen LogP contribution in [0.2, 0.25) is 5.02 Å². The molecular formula is C60H65ClFN13O5S. The molecule has 3 aliphatic rings. The minimum atomic E-state index is -0.483. The van der Waals surface area contributed by atoms with E-state index in [9.17, 15) is 14.9 Å². The zero-order valence-corrected chi connectivity index (χ0v) is 47.5. The van der Waals surface area contributed by atoms with Crippen molar-refractivity contribution >= 4 is 67.1 Å². The molecule has 4 N–H and O–H groups in total. The lowest BCUT2D eigenvalue weighted by Gasteiger charge is -2.35. The molecule has 11 rings (SSSR count). The number of halogens is 2. The first-order valence-electron chi connectivity index (χ1n) is 27.5. The summed E-state index contributed by atoms with van der Waals surface area (Å²) in [6.07, 6.45) is 11.9. The van der Waals surface area contributed by atoms with Crippen LogP contribution < -0.4 is 30.7 Å². The maximum absolute atomic E-state index is 15.4. The number of ether oxygens (including phenoxy) is 3. The van der Waals surface area contributed by atoms with Crippen molar-refractivity contribution in [3.05, 3.63) is 119 Å². The van der Waals surface area contributed by atoms with Crippen LogP contribution in [0.25, 0.3) is 54.6 Å². The molecule has 0 saturated carbocycles. The highest BCUT2D eigenvalue weighted by molar-refractivity contribution is 7.23. The molecule has 4 atom stereocenters. The average Bonchev–Trinajstić information content (AvgIpc) is 4.30. The van der Waals surface area contributed by atoms with Crippen molar-refractivity contribution < 1.29 is 28.2 Å². The topological polar surface area (TPSA) is 224 Å². The number of pyridine rings is 2. The van der Waals surface area contributed by atoms with Crippen molar-refractivity contribution in [2.75, 3.05) is 50.0 Å². The normalized spacial score (nSPS) is 17.4. The van der Waals surface area contributed by atoms with Gasteiger partial charge in [-0.05, 0) is 73.9 Å². The number of hydrogen-bond donors (Lipinski definition) is 3. The van der Waals surface area contributed by atoms with E-state index < -0.39 is 11.9 Å². The number of anilines is 2. The lowest BCUT2D eigenvalue weighted by molar-refractivity contribution is -0.137. The number of nitrogens with one attached hydrogen (secondary N) is 2. The molecule has 420 valence electrons. The Morgan fingerprint density at radius 2 is 1.80 bits per heavy atom. The van der Waals surface area contributed by atoms with Gasteiger partial charge in [-0.15, -0.1) is 16.4 Å². The van der Waals surface area contributed by atoms with E-state index in [0.717, 1.165) is 78.1 Å². The SMILES string of the molecule is CC(NC=O)c1ccc(-c2cnccc2Cl)cc1.CCC1CN(c2nc(OC3CCOCC3)nc3c(OCc4ccc(-c5cn(C(C(=O)N6CCCC6C)C(C)C)nn5)cc4)c(-c4ccc(F)c5sc(N)c(C#N)c45)ncc23)CCN1. The molecule has 2 amide bonds. The summed E-state index contributed by atoms with van der Waals surface area (Å²) < 4.78 is 36.3. The van der Waals surface area contributed by atoms with E-state index in [1.165, 1.54) is 6.07 Å². The van der Waals surface area contributed by atoms with Crippen LogP contribution in [0.3, 0.4) is 0 Å². The van der Waals surface area contributed by atoms with E-state index >= 15 is 4.39 Å². The van der Waals surface area contributed by atoms with E-state index in [2.05, 4.69) is 50.7 Å². The number of rotatable bonds is 16. The van der Waals surface area contributed by atoms with Gasteiger partial charge in [0.1, 0.15) is 58.4 Å². The Hall–Kier alpha value is -7.83. The van der Waals surface area contributed by atoms with Crippen molar-refractivity contribution in [3.63, 3.8) is 0 Å². The second-order valence-electron chi connectivity index (χ2n) is 21.0. The summed E-state index contributed by atoms with van der Waals surface area (Å²) >= 11 is 7.14. The minimum Gasteiger partial charge on any atom is -0.484 e. The smallest absolute Gasteiger partial charge is 0.319 e. The highest BCUT2D eigenvalue weighted by atomic mass is 35.5. The van der Waals surface area contributed by atoms with Crippen molar-refractivity contribution in [1.82, 2.24) is 50.5 Å². The number of benzene rings is 3. The first kappa shape index (κ1) is 56.4. The largest absolute Gasteiger partial charge is 0.484 e. The van der Waals surface area contributed by atoms with Crippen LogP contribution in [-0.2, 0) is 20.9 Å². The number of likely N-dealkylation sites (tertiary alicyclic amines) is 1. The average molecular weight is 1130 g/mol. The van der Waals surface area contributed by atoms with E-state index in [-0.39, 0.29) is 63.9 Å². The molecule has 8 aromatic rings. The van der Waals surface area contributed by atoms with Crippen molar-refractivity contribution in [2.45, 2.75) is 104 Å². The number of nitriles is 1. The van der Waals surface area contributed by atoms with Gasteiger partial charge in [-0.2, -0.15) is 15.2 Å². The van der Waals surface area contributed by atoms with Gasteiger partial charge in [0.2, 0.25) is 12.3 Å². The minimum absolute atomic E-state index is 0.000852. The number of aromatic nitrogens is 7. The number of piperazine rings is 1. The second kappa shape index (κ2) is 25.3. The standard InChI is InChI=1S/C46H52FN11O4S.C14H13ClN2O/c1-5-30-23-56(18-16-50-30)44-34-22-51-38(32-12-13-35(47)42-37(32)33(21-48)43(49)63-42)41(39(34)52-46(53-44)62-31-14-19-60-20-15-31)61-25-28-8-10-29(11-9-28)36-24-58(55-54-36)40(26(2)3)45(59)57-17-6-7-27(57)4;1-10(17-9-18)11-2-4-12(5-3-11)13-8-16-7-6-14(13)15/h8-13,22,24,26-27,30-31,40,50H,5-7,14-20,23,25,49H2,1-4H3;2-10H,1H3,(H,17,18). The van der Waals surface area contributed by atoms with Gasteiger partial charge in [0.25, 0.3) is 0 Å². The molecule has 0 bridgehead atoms. The monoisotopic (exact) mass is 1130 g/mol. The van der Waals surface area contributed by atoms with Crippen LogP contribution in [-0.4, -0.2) is 110 Å². The molecule has 21 heteroatoms. The van der Waals surface area contributed by atoms with E-state index in [1.807, 2.05) is 80.4 Å². The Bertz CT molecular complexity index is 3570. The van der Waals surface area contributed by atoms with Crippen LogP contribution in [0.4, 0.5) is 15.2 Å². The Labute approximate surface area is 478 Å². The molecule has 0 spiro atoms. The first-order valence-corrected chi connectivity index (χ1v) is 28.7. The molecule has 0 aliphatic carbocycles. The molecule has 3 saturated heterocycles. The summed E-state index contributed by atoms with van der Waals surface area (Å²) in [6, 6.07) is 22.9. The van der Waals surface area contributed by atoms with Crippen molar-refractivity contribution in [1.29, 1.82) is 5.26 Å². The third-order valence-corrected chi connectivity index (χ3v) is 16.6. The highest BCUT2D eigenvalue weighted by Gasteiger charge is 2.35. The van der Waals surface area contributed by atoms with Crippen LogP contribution >= 0.6 is 22.9 Å². The van der Waals surface area contributed by atoms with Gasteiger partial charge >= 0.3 is 6.01 Å². The van der Waals surface area contributed by atoms with Gasteiger partial charge in [0, 0.05) is 91.8 Å². The fourth-order valence-corrected chi connectivity index (χ4v) is 11.9. The first-order chi connectivity index (χ1) is 39.3. The Kier molecular flexibility index (Phi) is 17.6. The second-order valence-corrected chi connectivity index (χ2v) is 22.4. The zero-order valence-electron chi connectivity index (χ0n) is 45.9. The fourth-order valence-electron chi connectivity index (χ4n) is 10.7. The molecule has 3 aromatic carbocycles. The van der Waals surface area contributed by atoms with Gasteiger partial charge in [-0.1, -0.05) is 86.1 Å². The van der Waals surface area contributed by atoms with Gasteiger partial charge in [0.15, 0.2) is 5.75 Å². The molecule has 81 heavy (non-hydrogen) atoms. The number of nitrogen functional groups attached to an aromatic ring is 1. The lowest BCUT2D eigenvalue weighted by Crippen LogP contribution is -2.50. The lowest BCUT2D eigenvalue weighted by atomic mass is 10.0. The number of carbonyl (C=O) groups excluding carboxylic acids is 2. The van der Waals surface area contributed by atoms with Gasteiger partial charge in [-0.25, -0.2) is 9.07 Å². The number of nitrogens with two attached hydrogens (primary N) is 1. The van der Waals surface area contributed by atoms with Gasteiger partial charge in [0.05, 0.1) is 46.1 Å². The molecule has 4 unspecified atom stereocenters. The van der Waals surface area contributed by atoms with Gasteiger partial charge in [-0.3, -0.25) is 19.6 Å². The molecule has 8 heterocycles. The van der Waals surface area contributed by atoms with Gasteiger partial charge < -0.3 is 40.4 Å². The third-order valence-electron chi connectivity index (χ3n) is 15.3. The maximum atomic E-state index is 15.4. The Morgan fingerprint density at radius 1 is 1.02 bits per heavy atom. The summed E-state index contributed by atoms with van der Waals surface area (Å²) in [6.45, 7) is 14.5. The number of carbonyl (C=O) groups is 2. The van der Waals surface area contributed by atoms with Crippen LogP contribution in [0.15, 0.2) is 91.5 Å². The predicted octanol–water partition coefficient (Wildman–Crippen LogP) is 10.5. The number of fused-ring (bicyclic) bond motifs is 2. The highest BCUT2D eigenvalue weighted by Crippen LogP contribution is 2.46. The van der Waals surface area contributed by atoms with E-state index in [4.69, 9.17) is 46.5 Å². The van der Waals surface area contributed by atoms with Crippen molar-refractivity contribution in [3.8, 4) is 51.5 Å². The van der Waals surface area contributed by atoms with Crippen LogP contribution in [0.5, 0.6) is 11.8 Å². The Balaban J connectivity index is 0.000000347. The number of nitrogens with zero attached hydrogens (tertiary/aromatic N) is 10. The molecule has 0 radical (unpaired) electrons. The summed E-state index contributed by atoms with van der Waals surface area (Å²) in [4.78, 5) is 47.4. The Morgan fingerprint density at radius 3 is 2.51 bits per heavy atom. The quantitative estimate of drug-likeness (QED) is 0.0765. The van der Waals surface area contributed by atoms with Crippen LogP contribution in [0.1, 0.15) is 95.5 Å². The number of hydrogen-bond acceptors (Lipinski definition) is 16. The summed E-state index contributed by atoms with van der Waals surface area (Å²) in [5, 5.41) is 27.4. The molecule has 3 aliphatic heterocycles. The molecule has 5 aromatic heterocycles. The molecule has 3 fully saturated rings. The number of amides is 2. The summed E-state index contributed by atoms with van der Waals surface area (Å²) in [5.41, 5.74) is 13.1. The number of thiophene rings is 1. The predicted molar refractivity (Wildman–Crippen MR) is 312 cm³/mol. The fraction of sp³-hybridized carbons (Fsp3) is 0.383. The summed E-state index contributed by atoms with van der Waals surface area (Å²) in [7, 11) is 0. The molecule has 18 nitrogen and oxygen atoms in total. The van der Waals surface area contributed by atoms with Crippen LogP contribution in [0, 0.1) is 23.1 Å². The van der Waals surface area contributed by atoms with E-state index in [0.29, 0.717) is 88.8 Å².